The van der Waals surface area contributed by atoms with Gasteiger partial charge in [0, 0.05) is 23.4 Å². The summed E-state index contributed by atoms with van der Waals surface area (Å²) in [5, 5.41) is 16.9. The summed E-state index contributed by atoms with van der Waals surface area (Å²) in [5.41, 5.74) is 1.14. The fourth-order valence-electron chi connectivity index (χ4n) is 1.63. The number of para-hydroxylation sites is 1. The standard InChI is InChI=1S/C15H13N3O4/c19-15(17-13-6-2-1-3-7-13)11-22-16-10-12-5-4-8-14(9-12)18(20)21/h1-10H,11H2,(H,17,19)/b16-10-. The Hall–Kier alpha value is -3.22. The van der Waals surface area contributed by atoms with E-state index in [2.05, 4.69) is 10.5 Å². The number of nitrogens with zero attached hydrogens (tertiary/aromatic N) is 2. The predicted molar refractivity (Wildman–Crippen MR) is 81.7 cm³/mol. The van der Waals surface area contributed by atoms with E-state index in [1.54, 1.807) is 36.4 Å². The van der Waals surface area contributed by atoms with Crippen LogP contribution in [0.5, 0.6) is 0 Å². The van der Waals surface area contributed by atoms with E-state index in [0.717, 1.165) is 0 Å². The molecule has 1 amide bonds. The van der Waals surface area contributed by atoms with E-state index in [1.807, 2.05) is 6.07 Å². The number of benzene rings is 2. The first-order valence-corrected chi connectivity index (χ1v) is 6.40. The van der Waals surface area contributed by atoms with E-state index in [9.17, 15) is 14.9 Å². The van der Waals surface area contributed by atoms with Crippen LogP contribution in [0.25, 0.3) is 0 Å². The van der Waals surface area contributed by atoms with Crippen molar-refractivity contribution in [2.75, 3.05) is 11.9 Å². The number of nitrogens with one attached hydrogen (secondary N) is 1. The van der Waals surface area contributed by atoms with E-state index in [1.165, 1.54) is 18.3 Å². The van der Waals surface area contributed by atoms with Crippen LogP contribution in [0.15, 0.2) is 59.8 Å². The molecule has 0 saturated carbocycles. The fourth-order valence-corrected chi connectivity index (χ4v) is 1.63. The van der Waals surface area contributed by atoms with Crippen LogP contribution in [0.1, 0.15) is 5.56 Å². The highest BCUT2D eigenvalue weighted by Gasteiger charge is 2.04. The summed E-state index contributed by atoms with van der Waals surface area (Å²) in [4.78, 5) is 26.6. The topological polar surface area (TPSA) is 93.8 Å². The number of carbonyl (C=O) groups is 1. The van der Waals surface area contributed by atoms with Crippen molar-refractivity contribution in [2.45, 2.75) is 0 Å². The second kappa shape index (κ2) is 7.53. The van der Waals surface area contributed by atoms with E-state index in [4.69, 9.17) is 4.84 Å². The van der Waals surface area contributed by atoms with Gasteiger partial charge in [-0.05, 0) is 12.1 Å². The first-order valence-electron chi connectivity index (χ1n) is 6.40. The van der Waals surface area contributed by atoms with Crippen LogP contribution in [0.4, 0.5) is 11.4 Å². The maximum absolute atomic E-state index is 11.6. The predicted octanol–water partition coefficient (Wildman–Crippen LogP) is 2.58. The number of amides is 1. The van der Waals surface area contributed by atoms with Crippen molar-refractivity contribution in [3.8, 4) is 0 Å². The van der Waals surface area contributed by atoms with Crippen LogP contribution < -0.4 is 5.32 Å². The largest absolute Gasteiger partial charge is 0.386 e. The zero-order chi connectivity index (χ0) is 15.8. The van der Waals surface area contributed by atoms with Gasteiger partial charge in [0.2, 0.25) is 0 Å². The van der Waals surface area contributed by atoms with Crippen molar-refractivity contribution >= 4 is 23.5 Å². The molecule has 1 N–H and O–H groups in total. The zero-order valence-electron chi connectivity index (χ0n) is 11.5. The van der Waals surface area contributed by atoms with E-state index < -0.39 is 4.92 Å². The molecule has 2 aromatic carbocycles. The van der Waals surface area contributed by atoms with Gasteiger partial charge >= 0.3 is 0 Å². The minimum Gasteiger partial charge on any atom is -0.386 e. The molecule has 0 bridgehead atoms. The highest BCUT2D eigenvalue weighted by atomic mass is 16.6. The molecule has 7 nitrogen and oxygen atoms in total. The zero-order valence-corrected chi connectivity index (χ0v) is 11.5. The molecule has 112 valence electrons. The number of carbonyl (C=O) groups excluding carboxylic acids is 1. The second-order valence-electron chi connectivity index (χ2n) is 4.27. The van der Waals surface area contributed by atoms with Crippen LogP contribution in [-0.2, 0) is 9.63 Å². The monoisotopic (exact) mass is 299 g/mol. The normalized spacial score (nSPS) is 10.4. The molecule has 0 aromatic heterocycles. The molecule has 22 heavy (non-hydrogen) atoms. The van der Waals surface area contributed by atoms with Gasteiger partial charge in [-0.3, -0.25) is 14.9 Å². The lowest BCUT2D eigenvalue weighted by Gasteiger charge is -2.03. The van der Waals surface area contributed by atoms with E-state index in [-0.39, 0.29) is 18.2 Å². The third-order valence-electron chi connectivity index (χ3n) is 2.61. The Balaban J connectivity index is 1.82. The van der Waals surface area contributed by atoms with Crippen molar-refractivity contribution in [3.63, 3.8) is 0 Å². The lowest BCUT2D eigenvalue weighted by molar-refractivity contribution is -0.384. The minimum absolute atomic E-state index is 0.0363. The van der Waals surface area contributed by atoms with Crippen LogP contribution in [0, 0.1) is 10.1 Å². The van der Waals surface area contributed by atoms with Gasteiger partial charge in [-0.25, -0.2) is 0 Å². The molecule has 0 aliphatic carbocycles. The van der Waals surface area contributed by atoms with Gasteiger partial charge in [0.05, 0.1) is 11.1 Å². The quantitative estimate of drug-likeness (QED) is 0.504. The van der Waals surface area contributed by atoms with Gasteiger partial charge in [0.1, 0.15) is 0 Å². The van der Waals surface area contributed by atoms with Crippen molar-refractivity contribution < 1.29 is 14.6 Å². The third-order valence-corrected chi connectivity index (χ3v) is 2.61. The van der Waals surface area contributed by atoms with Gasteiger partial charge < -0.3 is 10.2 Å². The van der Waals surface area contributed by atoms with Gasteiger partial charge in [0.25, 0.3) is 11.6 Å². The Morgan fingerprint density at radius 2 is 2.00 bits per heavy atom. The lowest BCUT2D eigenvalue weighted by atomic mass is 10.2. The number of hydrogen-bond acceptors (Lipinski definition) is 5. The summed E-state index contributed by atoms with van der Waals surface area (Å²) in [6.07, 6.45) is 1.31. The number of hydrogen-bond donors (Lipinski definition) is 1. The smallest absolute Gasteiger partial charge is 0.270 e. The average Bonchev–Trinajstić information content (AvgIpc) is 2.53. The van der Waals surface area contributed by atoms with Gasteiger partial charge in [-0.2, -0.15) is 0 Å². The molecular formula is C15H13N3O4. The van der Waals surface area contributed by atoms with Crippen molar-refractivity contribution in [3.05, 3.63) is 70.3 Å². The number of non-ortho nitro benzene ring substituents is 1. The van der Waals surface area contributed by atoms with Gasteiger partial charge in [-0.1, -0.05) is 35.5 Å². The first kappa shape index (κ1) is 15.2. The van der Waals surface area contributed by atoms with Crippen LogP contribution in [0.2, 0.25) is 0 Å². The molecule has 2 rings (SSSR count). The molecule has 2 aromatic rings. The summed E-state index contributed by atoms with van der Waals surface area (Å²) in [7, 11) is 0. The molecule has 0 spiro atoms. The van der Waals surface area contributed by atoms with Crippen LogP contribution in [0.3, 0.4) is 0 Å². The molecule has 0 saturated heterocycles. The molecular weight excluding hydrogens is 286 g/mol. The Labute approximate surface area is 126 Å². The highest BCUT2D eigenvalue weighted by Crippen LogP contribution is 2.11. The Morgan fingerprint density at radius 3 is 2.73 bits per heavy atom. The van der Waals surface area contributed by atoms with Crippen molar-refractivity contribution in [2.24, 2.45) is 5.16 Å². The van der Waals surface area contributed by atoms with Crippen LogP contribution in [-0.4, -0.2) is 23.7 Å². The molecule has 0 radical (unpaired) electrons. The second-order valence-corrected chi connectivity index (χ2v) is 4.27. The molecule has 0 atom stereocenters. The van der Waals surface area contributed by atoms with Crippen molar-refractivity contribution in [1.29, 1.82) is 0 Å². The van der Waals surface area contributed by atoms with Gasteiger partial charge in [0.15, 0.2) is 6.61 Å². The van der Waals surface area contributed by atoms with E-state index >= 15 is 0 Å². The van der Waals surface area contributed by atoms with Gasteiger partial charge in [-0.15, -0.1) is 0 Å². The SMILES string of the molecule is O=C(CO/N=C\c1cccc([N+](=O)[O-])c1)Nc1ccccc1. The Kier molecular flexibility index (Phi) is 5.20. The minimum atomic E-state index is -0.495. The lowest BCUT2D eigenvalue weighted by Crippen LogP contribution is -2.16. The molecule has 0 heterocycles. The third kappa shape index (κ3) is 4.71. The number of nitro benzene ring substituents is 1. The highest BCUT2D eigenvalue weighted by molar-refractivity contribution is 5.91. The molecule has 0 aliphatic rings. The summed E-state index contributed by atoms with van der Waals surface area (Å²) in [6, 6.07) is 14.9. The Bertz CT molecular complexity index is 686. The molecule has 0 fully saturated rings. The summed E-state index contributed by atoms with van der Waals surface area (Å²) < 4.78 is 0. The number of rotatable bonds is 6. The maximum atomic E-state index is 11.6. The number of anilines is 1. The average molecular weight is 299 g/mol. The van der Waals surface area contributed by atoms with Crippen LogP contribution >= 0.6 is 0 Å². The van der Waals surface area contributed by atoms with E-state index in [0.29, 0.717) is 11.3 Å². The number of nitro groups is 1. The summed E-state index contributed by atoms with van der Waals surface area (Å²) in [5.74, 6) is -0.345. The first-order chi connectivity index (χ1) is 10.6. The summed E-state index contributed by atoms with van der Waals surface area (Å²) >= 11 is 0. The Morgan fingerprint density at radius 1 is 1.23 bits per heavy atom. The molecule has 7 heteroatoms. The summed E-state index contributed by atoms with van der Waals surface area (Å²) in [6.45, 7) is -0.250. The van der Waals surface area contributed by atoms with Crippen molar-refractivity contribution in [1.82, 2.24) is 0 Å². The molecule has 0 aliphatic heterocycles. The maximum Gasteiger partial charge on any atom is 0.270 e. The fraction of sp³-hybridized carbons (Fsp3) is 0.0667. The molecule has 0 unspecified atom stereocenters. The number of oxime groups is 1.